The van der Waals surface area contributed by atoms with Crippen LogP contribution in [0.5, 0.6) is 0 Å². The highest BCUT2D eigenvalue weighted by Gasteiger charge is 2.22. The lowest BCUT2D eigenvalue weighted by atomic mass is 10.1. The van der Waals surface area contributed by atoms with Crippen molar-refractivity contribution < 1.29 is 0 Å². The third-order valence-corrected chi connectivity index (χ3v) is 3.31. The Balaban J connectivity index is 2.45. The molecule has 0 saturated heterocycles. The van der Waals surface area contributed by atoms with Gasteiger partial charge >= 0.3 is 5.69 Å². The van der Waals surface area contributed by atoms with Gasteiger partial charge in [-0.1, -0.05) is 31.9 Å². The molecule has 1 aliphatic rings. The van der Waals surface area contributed by atoms with Gasteiger partial charge in [0.15, 0.2) is 0 Å². The van der Waals surface area contributed by atoms with Gasteiger partial charge in [-0.05, 0) is 12.3 Å². The molecular formula is C12H16ClN3O2. The quantitative estimate of drug-likeness (QED) is 0.906. The number of aromatic nitrogens is 2. The number of fused-ring (bicyclic) bond motifs is 1. The second-order valence-electron chi connectivity index (χ2n) is 4.73. The van der Waals surface area contributed by atoms with Gasteiger partial charge in [-0.15, -0.1) is 0 Å². The Hall–Kier alpha value is -1.36. The number of aliphatic imine (C=N–C) groups is 1. The van der Waals surface area contributed by atoms with E-state index < -0.39 is 5.69 Å². The van der Waals surface area contributed by atoms with E-state index in [0.717, 1.165) is 12.8 Å². The van der Waals surface area contributed by atoms with Crippen molar-refractivity contribution in [1.82, 2.24) is 9.55 Å². The fraction of sp³-hybridized carbons (Fsp3) is 0.583. The molecular weight excluding hydrogens is 254 g/mol. The minimum absolute atomic E-state index is 0.314. The number of halogens is 1. The average Bonchev–Trinajstić information content (AvgIpc) is 2.67. The van der Waals surface area contributed by atoms with Crippen LogP contribution >= 0.6 is 11.6 Å². The number of nitrogens with zero attached hydrogens (tertiary/aromatic N) is 2. The van der Waals surface area contributed by atoms with E-state index in [1.54, 1.807) is 0 Å². The second-order valence-corrected chi connectivity index (χ2v) is 5.17. The molecule has 0 saturated carbocycles. The molecule has 0 spiro atoms. The summed E-state index contributed by atoms with van der Waals surface area (Å²) in [5.74, 6) is 0.786. The van der Waals surface area contributed by atoms with Crippen molar-refractivity contribution in [3.05, 3.63) is 26.4 Å². The number of nitrogens with one attached hydrogen (secondary N) is 1. The van der Waals surface area contributed by atoms with Crippen LogP contribution in [0.4, 0.5) is 5.82 Å². The van der Waals surface area contributed by atoms with Crippen LogP contribution in [0.3, 0.4) is 0 Å². The molecule has 0 bridgehead atoms. The smallest absolute Gasteiger partial charge is 0.277 e. The molecule has 0 aromatic carbocycles. The number of hydrogen-bond donors (Lipinski definition) is 1. The molecule has 98 valence electrons. The van der Waals surface area contributed by atoms with E-state index >= 15 is 0 Å². The van der Waals surface area contributed by atoms with Gasteiger partial charge in [-0.3, -0.25) is 14.3 Å². The molecule has 1 unspecified atom stereocenters. The first kappa shape index (κ1) is 13.1. The van der Waals surface area contributed by atoms with Gasteiger partial charge in [-0.2, -0.15) is 0 Å². The molecule has 0 radical (unpaired) electrons. The highest BCUT2D eigenvalue weighted by Crippen LogP contribution is 2.24. The summed E-state index contributed by atoms with van der Waals surface area (Å²) in [6, 6.07) is 0. The fourth-order valence-corrected chi connectivity index (χ4v) is 2.47. The van der Waals surface area contributed by atoms with Crippen LogP contribution in [0.1, 0.15) is 32.3 Å². The molecule has 1 aliphatic heterocycles. The van der Waals surface area contributed by atoms with E-state index in [4.69, 9.17) is 11.6 Å². The zero-order chi connectivity index (χ0) is 13.3. The topological polar surface area (TPSA) is 67.2 Å². The lowest BCUT2D eigenvalue weighted by Gasteiger charge is -2.14. The standard InChI is InChI=1S/C12H16ClN3O2/c1-3-4-7(2)6-16-10-8(5-9(13)14-10)11(17)15-12(16)18/h7H,3-6H2,1-2H3,(H,15,17,18). The largest absolute Gasteiger partial charge is 0.329 e. The molecule has 0 fully saturated rings. The van der Waals surface area contributed by atoms with Crippen molar-refractivity contribution in [3.63, 3.8) is 0 Å². The Morgan fingerprint density at radius 1 is 1.50 bits per heavy atom. The molecule has 2 rings (SSSR count). The molecule has 1 aromatic heterocycles. The number of hydrogen-bond acceptors (Lipinski definition) is 3. The van der Waals surface area contributed by atoms with Gasteiger partial charge in [0.05, 0.1) is 5.56 Å². The maximum absolute atomic E-state index is 11.8. The summed E-state index contributed by atoms with van der Waals surface area (Å²) < 4.78 is 1.52. The van der Waals surface area contributed by atoms with Gasteiger partial charge in [0.25, 0.3) is 5.56 Å². The van der Waals surface area contributed by atoms with Crippen LogP contribution in [-0.4, -0.2) is 14.7 Å². The fourth-order valence-electron chi connectivity index (χ4n) is 2.25. The van der Waals surface area contributed by atoms with Gasteiger partial charge in [0, 0.05) is 13.0 Å². The van der Waals surface area contributed by atoms with Crippen molar-refractivity contribution in [2.75, 3.05) is 0 Å². The molecule has 5 nitrogen and oxygen atoms in total. The maximum Gasteiger partial charge on any atom is 0.329 e. The van der Waals surface area contributed by atoms with Crippen molar-refractivity contribution in [2.24, 2.45) is 10.9 Å². The summed E-state index contributed by atoms with van der Waals surface area (Å²) in [6.07, 6.45) is 2.40. The van der Waals surface area contributed by atoms with E-state index in [9.17, 15) is 9.59 Å². The molecule has 2 heterocycles. The Bertz CT molecular complexity index is 600. The summed E-state index contributed by atoms with van der Waals surface area (Å²) in [7, 11) is 0. The molecule has 0 amide bonds. The van der Waals surface area contributed by atoms with E-state index in [1.807, 2.05) is 0 Å². The molecule has 1 atom stereocenters. The number of aromatic amines is 1. The Morgan fingerprint density at radius 3 is 2.89 bits per heavy atom. The van der Waals surface area contributed by atoms with Crippen LogP contribution in [-0.2, 0) is 13.0 Å². The average molecular weight is 270 g/mol. The third-order valence-electron chi connectivity index (χ3n) is 3.09. The monoisotopic (exact) mass is 269 g/mol. The van der Waals surface area contributed by atoms with Crippen LogP contribution in [0.15, 0.2) is 14.6 Å². The number of rotatable bonds is 4. The highest BCUT2D eigenvalue weighted by molar-refractivity contribution is 6.66. The lowest BCUT2D eigenvalue weighted by Crippen LogP contribution is -2.33. The minimum atomic E-state index is -0.406. The molecule has 0 aliphatic carbocycles. The molecule has 1 N–H and O–H groups in total. The summed E-state index contributed by atoms with van der Waals surface area (Å²) in [4.78, 5) is 29.9. The van der Waals surface area contributed by atoms with Gasteiger partial charge in [-0.25, -0.2) is 9.79 Å². The van der Waals surface area contributed by atoms with Crippen LogP contribution in [0.25, 0.3) is 0 Å². The van der Waals surface area contributed by atoms with Gasteiger partial charge < -0.3 is 0 Å². The number of H-pyrrole nitrogens is 1. The van der Waals surface area contributed by atoms with E-state index in [2.05, 4.69) is 23.8 Å². The van der Waals surface area contributed by atoms with Crippen LogP contribution < -0.4 is 11.2 Å². The Labute approximate surface area is 110 Å². The van der Waals surface area contributed by atoms with Crippen molar-refractivity contribution in [2.45, 2.75) is 39.7 Å². The van der Waals surface area contributed by atoms with Gasteiger partial charge in [0.1, 0.15) is 11.0 Å². The summed E-state index contributed by atoms with van der Waals surface area (Å²) in [5.41, 5.74) is -0.297. The van der Waals surface area contributed by atoms with E-state index in [1.165, 1.54) is 4.57 Å². The first-order valence-corrected chi connectivity index (χ1v) is 6.49. The summed E-state index contributed by atoms with van der Waals surface area (Å²) in [6.45, 7) is 4.73. The molecule has 18 heavy (non-hydrogen) atoms. The zero-order valence-corrected chi connectivity index (χ0v) is 11.3. The Morgan fingerprint density at radius 2 is 2.22 bits per heavy atom. The summed E-state index contributed by atoms with van der Waals surface area (Å²) in [5, 5.41) is 0.359. The lowest BCUT2D eigenvalue weighted by molar-refractivity contribution is 0.435. The second kappa shape index (κ2) is 5.10. The highest BCUT2D eigenvalue weighted by atomic mass is 35.5. The first-order chi connectivity index (χ1) is 8.52. The minimum Gasteiger partial charge on any atom is -0.277 e. The van der Waals surface area contributed by atoms with Crippen molar-refractivity contribution in [1.29, 1.82) is 0 Å². The molecule has 6 heteroatoms. The van der Waals surface area contributed by atoms with Crippen molar-refractivity contribution in [3.8, 4) is 0 Å². The van der Waals surface area contributed by atoms with E-state index in [-0.39, 0.29) is 5.56 Å². The predicted octanol–water partition coefficient (Wildman–Crippen LogP) is 1.80. The zero-order valence-electron chi connectivity index (χ0n) is 10.5. The van der Waals surface area contributed by atoms with Crippen LogP contribution in [0.2, 0.25) is 0 Å². The Kier molecular flexibility index (Phi) is 3.71. The SMILES string of the molecule is CCCC(C)Cn1c2c(c(=O)[nH]c1=O)CC(Cl)=N2. The van der Waals surface area contributed by atoms with E-state index in [0.29, 0.717) is 35.4 Å². The third kappa shape index (κ3) is 2.41. The predicted molar refractivity (Wildman–Crippen MR) is 72.0 cm³/mol. The normalized spacial score (nSPS) is 15.4. The first-order valence-electron chi connectivity index (χ1n) is 6.12. The van der Waals surface area contributed by atoms with Gasteiger partial charge in [0.2, 0.25) is 0 Å². The maximum atomic E-state index is 11.8. The van der Waals surface area contributed by atoms with Crippen LogP contribution in [0, 0.1) is 5.92 Å². The molecule has 1 aromatic rings. The summed E-state index contributed by atoms with van der Waals surface area (Å²) >= 11 is 5.85. The van der Waals surface area contributed by atoms with Crippen molar-refractivity contribution >= 4 is 22.6 Å².